The van der Waals surface area contributed by atoms with Crippen LogP contribution in [-0.4, -0.2) is 64.0 Å². The van der Waals surface area contributed by atoms with E-state index in [4.69, 9.17) is 15.9 Å². The Hall–Kier alpha value is -2.69. The van der Waals surface area contributed by atoms with E-state index < -0.39 is 60.2 Å². The third-order valence-corrected chi connectivity index (χ3v) is 3.41. The minimum atomic E-state index is -1.63. The first kappa shape index (κ1) is 23.3. The maximum absolute atomic E-state index is 12.3. The van der Waals surface area contributed by atoms with Crippen molar-refractivity contribution in [3.8, 4) is 0 Å². The van der Waals surface area contributed by atoms with Crippen LogP contribution in [0, 0.1) is 5.92 Å². The molecule has 0 aliphatic rings. The van der Waals surface area contributed by atoms with Crippen molar-refractivity contribution >= 4 is 29.7 Å². The van der Waals surface area contributed by atoms with Crippen LogP contribution in [0.3, 0.4) is 0 Å². The molecular formula is C15H26N4O7. The minimum Gasteiger partial charge on any atom is -0.481 e. The summed E-state index contributed by atoms with van der Waals surface area (Å²) in [6.45, 7) is 6.13. The molecule has 3 amide bonds. The van der Waals surface area contributed by atoms with E-state index >= 15 is 0 Å². The number of carbonyl (C=O) groups excluding carboxylic acids is 3. The highest BCUT2D eigenvalue weighted by molar-refractivity contribution is 5.94. The summed E-state index contributed by atoms with van der Waals surface area (Å²) in [7, 11) is 0. The van der Waals surface area contributed by atoms with Crippen LogP contribution >= 0.6 is 0 Å². The third-order valence-electron chi connectivity index (χ3n) is 3.41. The third kappa shape index (κ3) is 7.92. The molecule has 0 bridgehead atoms. The lowest BCUT2D eigenvalue weighted by molar-refractivity contribution is -0.147. The van der Waals surface area contributed by atoms with E-state index in [0.717, 1.165) is 0 Å². The van der Waals surface area contributed by atoms with E-state index in [1.165, 1.54) is 13.8 Å². The van der Waals surface area contributed by atoms with Crippen LogP contribution in [0.4, 0.5) is 0 Å². The summed E-state index contributed by atoms with van der Waals surface area (Å²) in [6.07, 6.45) is -0.805. The Morgan fingerprint density at radius 2 is 1.38 bits per heavy atom. The van der Waals surface area contributed by atoms with Gasteiger partial charge in [-0.05, 0) is 19.8 Å². The molecule has 0 aromatic carbocycles. The Bertz CT molecular complexity index is 562. The molecule has 0 saturated heterocycles. The normalized spacial score (nSPS) is 15.3. The maximum Gasteiger partial charge on any atom is 0.326 e. The molecule has 11 heteroatoms. The Morgan fingerprint density at radius 1 is 0.846 bits per heavy atom. The topological polar surface area (TPSA) is 188 Å². The predicted molar refractivity (Wildman–Crippen MR) is 89.8 cm³/mol. The van der Waals surface area contributed by atoms with Crippen molar-refractivity contribution in [2.24, 2.45) is 11.7 Å². The lowest BCUT2D eigenvalue weighted by Crippen LogP contribution is -2.57. The van der Waals surface area contributed by atoms with Crippen LogP contribution in [0.1, 0.15) is 34.1 Å². The first-order valence-electron chi connectivity index (χ1n) is 7.98. The second-order valence-corrected chi connectivity index (χ2v) is 6.25. The van der Waals surface area contributed by atoms with E-state index in [2.05, 4.69) is 10.6 Å². The van der Waals surface area contributed by atoms with Crippen molar-refractivity contribution in [1.82, 2.24) is 16.0 Å². The van der Waals surface area contributed by atoms with Gasteiger partial charge in [-0.3, -0.25) is 19.2 Å². The Kier molecular flexibility index (Phi) is 9.27. The molecule has 148 valence electrons. The highest BCUT2D eigenvalue weighted by Gasteiger charge is 2.29. The summed E-state index contributed by atoms with van der Waals surface area (Å²) in [5.41, 5.74) is 5.45. The number of hydrogen-bond donors (Lipinski definition) is 6. The second kappa shape index (κ2) is 10.3. The van der Waals surface area contributed by atoms with E-state index in [-0.39, 0.29) is 5.92 Å². The summed E-state index contributed by atoms with van der Waals surface area (Å²) in [4.78, 5) is 57.6. The average Bonchev–Trinajstić information content (AvgIpc) is 2.50. The number of hydrogen-bond acceptors (Lipinski definition) is 6. The van der Waals surface area contributed by atoms with E-state index in [9.17, 15) is 24.0 Å². The van der Waals surface area contributed by atoms with Gasteiger partial charge >= 0.3 is 11.9 Å². The van der Waals surface area contributed by atoms with Crippen LogP contribution in [0.15, 0.2) is 0 Å². The number of rotatable bonds is 10. The van der Waals surface area contributed by atoms with Crippen LogP contribution < -0.4 is 21.7 Å². The lowest BCUT2D eigenvalue weighted by atomic mass is 10.0. The fraction of sp³-hybridized carbons (Fsp3) is 0.667. The first-order valence-corrected chi connectivity index (χ1v) is 7.98. The molecule has 11 nitrogen and oxygen atoms in total. The zero-order chi connectivity index (χ0) is 20.6. The zero-order valence-electron chi connectivity index (χ0n) is 15.1. The van der Waals surface area contributed by atoms with Crippen molar-refractivity contribution in [2.45, 2.75) is 58.3 Å². The van der Waals surface area contributed by atoms with Gasteiger partial charge in [-0.15, -0.1) is 0 Å². The van der Waals surface area contributed by atoms with Crippen LogP contribution in [0.25, 0.3) is 0 Å². The molecule has 4 atom stereocenters. The molecule has 0 aromatic rings. The van der Waals surface area contributed by atoms with Crippen LogP contribution in [-0.2, 0) is 24.0 Å². The maximum atomic E-state index is 12.3. The molecule has 0 saturated carbocycles. The molecular weight excluding hydrogens is 348 g/mol. The highest BCUT2D eigenvalue weighted by atomic mass is 16.4. The Balaban J connectivity index is 4.93. The summed E-state index contributed by atoms with van der Waals surface area (Å²) in [6, 6.07) is -4.54. The average molecular weight is 374 g/mol. The quantitative estimate of drug-likeness (QED) is 0.254. The van der Waals surface area contributed by atoms with E-state index in [0.29, 0.717) is 0 Å². The van der Waals surface area contributed by atoms with Crippen molar-refractivity contribution in [2.75, 3.05) is 0 Å². The molecule has 26 heavy (non-hydrogen) atoms. The number of nitrogens with two attached hydrogens (primary N) is 1. The standard InChI is InChI=1S/C15H26N4O7/c1-6(2)11(19-12(22)7(3)16)14(24)17-8(4)13(23)18-9(15(25)26)5-10(20)21/h6-9,11H,5,16H2,1-4H3,(H,17,24)(H,18,23)(H,19,22)(H,20,21)(H,25,26). The number of nitrogens with one attached hydrogen (secondary N) is 3. The molecule has 7 N–H and O–H groups in total. The number of amides is 3. The number of aliphatic carboxylic acids is 2. The summed E-state index contributed by atoms with van der Waals surface area (Å²) >= 11 is 0. The van der Waals surface area contributed by atoms with Crippen LogP contribution in [0.5, 0.6) is 0 Å². The van der Waals surface area contributed by atoms with Gasteiger partial charge in [0.05, 0.1) is 12.5 Å². The van der Waals surface area contributed by atoms with Crippen molar-refractivity contribution in [3.05, 3.63) is 0 Å². The first-order chi connectivity index (χ1) is 11.9. The molecule has 4 unspecified atom stereocenters. The lowest BCUT2D eigenvalue weighted by Gasteiger charge is -2.25. The van der Waals surface area contributed by atoms with Gasteiger partial charge in [0.25, 0.3) is 0 Å². The van der Waals surface area contributed by atoms with Gasteiger partial charge in [0.2, 0.25) is 17.7 Å². The van der Waals surface area contributed by atoms with E-state index in [1.807, 2.05) is 5.32 Å². The Morgan fingerprint density at radius 3 is 1.77 bits per heavy atom. The van der Waals surface area contributed by atoms with Crippen LogP contribution in [0.2, 0.25) is 0 Å². The fourth-order valence-corrected chi connectivity index (χ4v) is 1.86. The number of carboxylic acids is 2. The van der Waals surface area contributed by atoms with Gasteiger partial charge in [0, 0.05) is 0 Å². The van der Waals surface area contributed by atoms with Crippen molar-refractivity contribution in [1.29, 1.82) is 0 Å². The molecule has 0 aliphatic carbocycles. The predicted octanol–water partition coefficient (Wildman–Crippen LogP) is -1.98. The highest BCUT2D eigenvalue weighted by Crippen LogP contribution is 2.03. The van der Waals surface area contributed by atoms with Crippen molar-refractivity contribution in [3.63, 3.8) is 0 Å². The summed E-state index contributed by atoms with van der Waals surface area (Å²) in [5, 5.41) is 24.4. The molecule has 0 aromatic heterocycles. The van der Waals surface area contributed by atoms with Gasteiger partial charge in [-0.2, -0.15) is 0 Å². The molecule has 0 heterocycles. The minimum absolute atomic E-state index is 0.299. The monoisotopic (exact) mass is 374 g/mol. The Labute approximate surface area is 150 Å². The van der Waals surface area contributed by atoms with E-state index in [1.54, 1.807) is 13.8 Å². The largest absolute Gasteiger partial charge is 0.481 e. The zero-order valence-corrected chi connectivity index (χ0v) is 15.1. The van der Waals surface area contributed by atoms with Gasteiger partial charge in [0.1, 0.15) is 18.1 Å². The molecule has 0 rings (SSSR count). The van der Waals surface area contributed by atoms with Gasteiger partial charge < -0.3 is 31.9 Å². The number of carboxylic acid groups (broad SMARTS) is 2. The summed E-state index contributed by atoms with van der Waals surface area (Å²) < 4.78 is 0. The molecule has 0 fully saturated rings. The van der Waals surface area contributed by atoms with Crippen molar-refractivity contribution < 1.29 is 34.2 Å². The van der Waals surface area contributed by atoms with Gasteiger partial charge in [-0.1, -0.05) is 13.8 Å². The van der Waals surface area contributed by atoms with Gasteiger partial charge in [-0.25, -0.2) is 4.79 Å². The second-order valence-electron chi connectivity index (χ2n) is 6.25. The SMILES string of the molecule is CC(N)C(=O)NC(C(=O)NC(C)C(=O)NC(CC(=O)O)C(=O)O)C(C)C. The smallest absolute Gasteiger partial charge is 0.326 e. The fourth-order valence-electron chi connectivity index (χ4n) is 1.86. The molecule has 0 aliphatic heterocycles. The molecule has 0 radical (unpaired) electrons. The number of carbonyl (C=O) groups is 5. The van der Waals surface area contributed by atoms with Gasteiger partial charge in [0.15, 0.2) is 0 Å². The molecule has 0 spiro atoms. The summed E-state index contributed by atoms with van der Waals surface area (Å²) in [5.74, 6) is -5.26.